The Labute approximate surface area is 130 Å². The molecule has 1 aliphatic rings. The lowest BCUT2D eigenvalue weighted by Crippen LogP contribution is -2.19. The fraction of sp³-hybridized carbons (Fsp3) is 0.154. The van der Waals surface area contributed by atoms with Gasteiger partial charge in [-0.25, -0.2) is 9.79 Å². The van der Waals surface area contributed by atoms with Gasteiger partial charge in [-0.3, -0.25) is 10.1 Å². The first kappa shape index (κ1) is 15.5. The number of hydrogen-bond acceptors (Lipinski definition) is 6. The van der Waals surface area contributed by atoms with Crippen molar-refractivity contribution in [1.82, 2.24) is 5.32 Å². The van der Waals surface area contributed by atoms with Crippen molar-refractivity contribution in [2.24, 2.45) is 10.1 Å². The molecule has 1 aromatic carbocycles. The third-order valence-corrected chi connectivity index (χ3v) is 3.26. The first-order valence-electron chi connectivity index (χ1n) is 6.06. The summed E-state index contributed by atoms with van der Waals surface area (Å²) in [6.07, 6.45) is 3.30. The summed E-state index contributed by atoms with van der Waals surface area (Å²) >= 11 is 1.26. The number of anilines is 1. The van der Waals surface area contributed by atoms with Crippen LogP contribution in [0.2, 0.25) is 0 Å². The van der Waals surface area contributed by atoms with E-state index in [0.29, 0.717) is 16.5 Å². The van der Waals surface area contributed by atoms with E-state index in [4.69, 9.17) is 10.4 Å². The Morgan fingerprint density at radius 2 is 2.36 bits per heavy atom. The molecule has 0 spiro atoms. The van der Waals surface area contributed by atoms with Gasteiger partial charge in [-0.1, -0.05) is 17.8 Å². The van der Waals surface area contributed by atoms with E-state index in [-0.39, 0.29) is 12.1 Å². The van der Waals surface area contributed by atoms with Crippen molar-refractivity contribution in [3.63, 3.8) is 0 Å². The first-order chi connectivity index (χ1) is 10.5. The van der Waals surface area contributed by atoms with E-state index in [1.807, 2.05) is 0 Å². The molecule has 22 heavy (non-hydrogen) atoms. The van der Waals surface area contributed by atoms with Gasteiger partial charge in [-0.05, 0) is 24.5 Å². The lowest BCUT2D eigenvalue weighted by Gasteiger charge is -2.11. The van der Waals surface area contributed by atoms with Crippen molar-refractivity contribution < 1.29 is 14.7 Å². The molecular weight excluding hydrogens is 306 g/mol. The van der Waals surface area contributed by atoms with Crippen LogP contribution < -0.4 is 10.3 Å². The van der Waals surface area contributed by atoms with Gasteiger partial charge in [-0.15, -0.1) is 0 Å². The molecule has 1 aliphatic heterocycles. The molecule has 1 amide bonds. The SMILES string of the molecule is CSC(=Nc1cccc(N2N=C(C(=O)O)CC2=O)c1)NC#N. The van der Waals surface area contributed by atoms with Crippen LogP contribution in [-0.4, -0.2) is 34.1 Å². The monoisotopic (exact) mass is 317 g/mol. The second-order valence-corrected chi connectivity index (χ2v) is 4.91. The number of nitriles is 1. The normalized spacial score (nSPS) is 14.5. The minimum Gasteiger partial charge on any atom is -0.477 e. The average molecular weight is 317 g/mol. The Hall–Kier alpha value is -2.86. The second kappa shape index (κ2) is 6.73. The molecule has 0 saturated heterocycles. The molecule has 0 atom stereocenters. The van der Waals surface area contributed by atoms with Crippen LogP contribution in [-0.2, 0) is 9.59 Å². The highest BCUT2D eigenvalue weighted by atomic mass is 32.2. The maximum atomic E-state index is 11.8. The number of carboxylic acid groups (broad SMARTS) is 1. The number of carbonyl (C=O) groups excluding carboxylic acids is 1. The molecule has 0 bridgehead atoms. The summed E-state index contributed by atoms with van der Waals surface area (Å²) in [4.78, 5) is 26.9. The maximum Gasteiger partial charge on any atom is 0.352 e. The van der Waals surface area contributed by atoms with Crippen LogP contribution in [0, 0.1) is 11.5 Å². The molecule has 2 rings (SSSR count). The van der Waals surface area contributed by atoms with Crippen molar-refractivity contribution in [3.8, 4) is 6.19 Å². The summed E-state index contributed by atoms with van der Waals surface area (Å²) in [6.45, 7) is 0. The Bertz CT molecular complexity index is 723. The van der Waals surface area contributed by atoms with Crippen LogP contribution in [0.15, 0.2) is 34.4 Å². The highest BCUT2D eigenvalue weighted by Crippen LogP contribution is 2.25. The highest BCUT2D eigenvalue weighted by molar-refractivity contribution is 8.13. The van der Waals surface area contributed by atoms with Gasteiger partial charge < -0.3 is 5.11 Å². The van der Waals surface area contributed by atoms with E-state index in [0.717, 1.165) is 5.01 Å². The summed E-state index contributed by atoms with van der Waals surface area (Å²) in [5.74, 6) is -1.63. The lowest BCUT2D eigenvalue weighted by atomic mass is 10.2. The van der Waals surface area contributed by atoms with Crippen LogP contribution in [0.25, 0.3) is 0 Å². The van der Waals surface area contributed by atoms with Crippen molar-refractivity contribution in [2.75, 3.05) is 11.3 Å². The molecule has 8 nitrogen and oxygen atoms in total. The molecule has 1 aromatic rings. The lowest BCUT2D eigenvalue weighted by molar-refractivity contribution is -0.129. The van der Waals surface area contributed by atoms with Crippen LogP contribution in [0.4, 0.5) is 11.4 Å². The van der Waals surface area contributed by atoms with Crippen LogP contribution >= 0.6 is 11.8 Å². The number of rotatable bonds is 3. The number of aliphatic imine (C=N–C) groups is 1. The number of carboxylic acids is 1. The number of hydrogen-bond donors (Lipinski definition) is 2. The minimum absolute atomic E-state index is 0.199. The van der Waals surface area contributed by atoms with Crippen molar-refractivity contribution in [3.05, 3.63) is 24.3 Å². The van der Waals surface area contributed by atoms with Gasteiger partial charge in [0.1, 0.15) is 0 Å². The van der Waals surface area contributed by atoms with E-state index >= 15 is 0 Å². The standard InChI is InChI=1S/C13H11N5O3S/c1-22-13(15-7-14)16-8-3-2-4-9(5-8)18-11(19)6-10(17-18)12(20)21/h2-5H,6H2,1H3,(H,15,16)(H,20,21). The predicted octanol–water partition coefficient (Wildman–Crippen LogP) is 1.29. The van der Waals surface area contributed by atoms with Crippen molar-refractivity contribution in [1.29, 1.82) is 5.26 Å². The molecule has 0 aliphatic carbocycles. The van der Waals surface area contributed by atoms with Gasteiger partial charge in [-0.2, -0.15) is 15.4 Å². The smallest absolute Gasteiger partial charge is 0.352 e. The Morgan fingerprint density at radius 3 is 2.95 bits per heavy atom. The molecule has 0 fully saturated rings. The summed E-state index contributed by atoms with van der Waals surface area (Å²) < 4.78 is 0. The van der Waals surface area contributed by atoms with Gasteiger partial charge in [0.2, 0.25) is 0 Å². The van der Waals surface area contributed by atoms with E-state index in [1.54, 1.807) is 36.7 Å². The number of carbonyl (C=O) groups is 2. The van der Waals surface area contributed by atoms with Crippen molar-refractivity contribution in [2.45, 2.75) is 6.42 Å². The molecule has 1 heterocycles. The highest BCUT2D eigenvalue weighted by Gasteiger charge is 2.29. The number of aliphatic carboxylic acids is 1. The van der Waals surface area contributed by atoms with Crippen LogP contribution in [0.3, 0.4) is 0 Å². The summed E-state index contributed by atoms with van der Waals surface area (Å²) in [5.41, 5.74) is 0.728. The Morgan fingerprint density at radius 1 is 1.59 bits per heavy atom. The number of nitrogens with zero attached hydrogens (tertiary/aromatic N) is 4. The quantitative estimate of drug-likeness (QED) is 0.375. The average Bonchev–Trinajstić information content (AvgIpc) is 2.89. The zero-order chi connectivity index (χ0) is 16.1. The van der Waals surface area contributed by atoms with Gasteiger partial charge >= 0.3 is 5.97 Å². The molecule has 9 heteroatoms. The Kier molecular flexibility index (Phi) is 4.75. The van der Waals surface area contributed by atoms with E-state index in [9.17, 15) is 9.59 Å². The summed E-state index contributed by atoms with van der Waals surface area (Å²) in [7, 11) is 0. The predicted molar refractivity (Wildman–Crippen MR) is 83.0 cm³/mol. The number of nitrogens with one attached hydrogen (secondary N) is 1. The van der Waals surface area contributed by atoms with Gasteiger partial charge in [0.15, 0.2) is 17.1 Å². The third-order valence-electron chi connectivity index (χ3n) is 2.68. The Balaban J connectivity index is 2.31. The largest absolute Gasteiger partial charge is 0.477 e. The summed E-state index contributed by atoms with van der Waals surface area (Å²) in [6, 6.07) is 6.57. The first-order valence-corrected chi connectivity index (χ1v) is 7.29. The van der Waals surface area contributed by atoms with E-state index < -0.39 is 11.9 Å². The number of benzene rings is 1. The van der Waals surface area contributed by atoms with Gasteiger partial charge in [0.05, 0.1) is 17.8 Å². The minimum atomic E-state index is -1.21. The molecule has 0 radical (unpaired) electrons. The molecule has 0 saturated carbocycles. The number of hydrazone groups is 1. The van der Waals surface area contributed by atoms with E-state index in [1.165, 1.54) is 11.8 Å². The molecule has 0 aromatic heterocycles. The third kappa shape index (κ3) is 3.42. The molecule has 0 unspecified atom stereocenters. The number of amidine groups is 1. The molecule has 112 valence electrons. The maximum absolute atomic E-state index is 11.8. The van der Waals surface area contributed by atoms with Gasteiger partial charge in [0, 0.05) is 0 Å². The zero-order valence-corrected chi connectivity index (χ0v) is 12.3. The fourth-order valence-electron chi connectivity index (χ4n) is 1.73. The number of amides is 1. The fourth-order valence-corrected chi connectivity index (χ4v) is 2.08. The van der Waals surface area contributed by atoms with E-state index in [2.05, 4.69) is 15.4 Å². The molecule has 2 N–H and O–H groups in total. The number of thioether (sulfide) groups is 1. The summed E-state index contributed by atoms with van der Waals surface area (Å²) in [5, 5.41) is 25.2. The van der Waals surface area contributed by atoms with Crippen LogP contribution in [0.1, 0.15) is 6.42 Å². The van der Waals surface area contributed by atoms with Crippen LogP contribution in [0.5, 0.6) is 0 Å². The van der Waals surface area contributed by atoms with Crippen molar-refractivity contribution >= 4 is 45.9 Å². The second-order valence-electron chi connectivity index (χ2n) is 4.11. The zero-order valence-electron chi connectivity index (χ0n) is 11.5. The van der Waals surface area contributed by atoms with Gasteiger partial charge in [0.25, 0.3) is 5.91 Å². The molecular formula is C13H11N5O3S. The topological polar surface area (TPSA) is 118 Å².